The number of ether oxygens (including phenoxy) is 1. The second kappa shape index (κ2) is 9.82. The number of nitrogens with one attached hydrogen (secondary N) is 2. The minimum Gasteiger partial charge on any atom is -0.496 e. The van der Waals surface area contributed by atoms with Crippen molar-refractivity contribution in [2.75, 3.05) is 13.7 Å². The van der Waals surface area contributed by atoms with Crippen LogP contribution in [-0.2, 0) is 13.0 Å². The molecule has 1 aromatic heterocycles. The van der Waals surface area contributed by atoms with Gasteiger partial charge in [-0.05, 0) is 60.0 Å². The van der Waals surface area contributed by atoms with Crippen LogP contribution in [0.5, 0.6) is 5.75 Å². The van der Waals surface area contributed by atoms with Gasteiger partial charge in [0.2, 0.25) is 0 Å². The van der Waals surface area contributed by atoms with Gasteiger partial charge in [0.15, 0.2) is 5.82 Å². The lowest BCUT2D eigenvalue weighted by Crippen LogP contribution is -2.45. The van der Waals surface area contributed by atoms with E-state index in [9.17, 15) is 0 Å². The number of tetrazole rings is 1. The molecule has 0 spiro atoms. The first-order chi connectivity index (χ1) is 14.8. The van der Waals surface area contributed by atoms with Gasteiger partial charge >= 0.3 is 0 Å². The second-order valence-electron chi connectivity index (χ2n) is 7.73. The van der Waals surface area contributed by atoms with Crippen molar-refractivity contribution < 1.29 is 4.74 Å². The molecule has 2 atom stereocenters. The van der Waals surface area contributed by atoms with Crippen LogP contribution in [0, 0.1) is 0 Å². The number of hydrogen-bond acceptors (Lipinski definition) is 6. The molecule has 30 heavy (non-hydrogen) atoms. The van der Waals surface area contributed by atoms with Crippen LogP contribution < -0.4 is 15.4 Å². The Morgan fingerprint density at radius 3 is 2.87 bits per heavy atom. The van der Waals surface area contributed by atoms with Gasteiger partial charge < -0.3 is 15.4 Å². The molecular formula is C23H30N6O. The van der Waals surface area contributed by atoms with Crippen LogP contribution in [0.2, 0.25) is 0 Å². The Kier molecular flexibility index (Phi) is 6.71. The van der Waals surface area contributed by atoms with Crippen molar-refractivity contribution in [2.45, 2.75) is 51.2 Å². The van der Waals surface area contributed by atoms with Crippen molar-refractivity contribution in [3.8, 4) is 11.4 Å². The molecule has 7 heteroatoms. The molecule has 3 aromatic rings. The third-order valence-electron chi connectivity index (χ3n) is 5.69. The van der Waals surface area contributed by atoms with Crippen LogP contribution in [0.15, 0.2) is 48.5 Å². The molecule has 1 aliphatic heterocycles. The van der Waals surface area contributed by atoms with Crippen molar-refractivity contribution >= 4 is 0 Å². The number of nitrogens with zero attached hydrogens (tertiary/aromatic N) is 4. The molecule has 0 unspecified atom stereocenters. The third-order valence-corrected chi connectivity index (χ3v) is 5.69. The Morgan fingerprint density at radius 2 is 2.07 bits per heavy atom. The van der Waals surface area contributed by atoms with Gasteiger partial charge in [-0.15, -0.1) is 5.10 Å². The van der Waals surface area contributed by atoms with Gasteiger partial charge in [0.25, 0.3) is 0 Å². The normalized spacial score (nSPS) is 19.0. The molecule has 0 bridgehead atoms. The summed E-state index contributed by atoms with van der Waals surface area (Å²) in [4.78, 5) is 0. The zero-order chi connectivity index (χ0) is 20.8. The summed E-state index contributed by atoms with van der Waals surface area (Å²) < 4.78 is 7.45. The average molecular weight is 407 g/mol. The van der Waals surface area contributed by atoms with Crippen molar-refractivity contribution in [1.29, 1.82) is 0 Å². The second-order valence-corrected chi connectivity index (χ2v) is 7.73. The van der Waals surface area contributed by atoms with Gasteiger partial charge in [0, 0.05) is 30.6 Å². The van der Waals surface area contributed by atoms with Crippen molar-refractivity contribution in [3.05, 3.63) is 65.5 Å². The summed E-state index contributed by atoms with van der Waals surface area (Å²) >= 11 is 0. The summed E-state index contributed by atoms with van der Waals surface area (Å²) in [5.41, 5.74) is 3.39. The average Bonchev–Trinajstić information content (AvgIpc) is 3.27. The van der Waals surface area contributed by atoms with E-state index in [1.807, 2.05) is 16.8 Å². The quantitative estimate of drug-likeness (QED) is 0.598. The maximum absolute atomic E-state index is 5.63. The Labute approximate surface area is 177 Å². The molecular weight excluding hydrogens is 376 g/mol. The number of rotatable bonds is 8. The standard InChI is InChI=1S/C23H30N6O/c1-3-8-22-26-27-28-29(22)19-12-13-21(30-2)18(15-19)16-25-20-11-7-14-24-23(20)17-9-5-4-6-10-17/h4-6,9-10,12-13,15,20,23-25H,3,7-8,11,14,16H2,1-2H3/t20-,23-/m0/s1. The lowest BCUT2D eigenvalue weighted by Gasteiger charge is -2.34. The van der Waals surface area contributed by atoms with Crippen LogP contribution in [0.1, 0.15) is 49.2 Å². The van der Waals surface area contributed by atoms with Crippen LogP contribution in [0.4, 0.5) is 0 Å². The maximum atomic E-state index is 5.63. The van der Waals surface area contributed by atoms with Crippen molar-refractivity contribution in [2.24, 2.45) is 0 Å². The fourth-order valence-corrected chi connectivity index (χ4v) is 4.18. The first-order valence-corrected chi connectivity index (χ1v) is 10.8. The first-order valence-electron chi connectivity index (χ1n) is 10.8. The van der Waals surface area contributed by atoms with E-state index in [2.05, 4.69) is 69.5 Å². The Morgan fingerprint density at radius 1 is 1.20 bits per heavy atom. The summed E-state index contributed by atoms with van der Waals surface area (Å²) in [6, 6.07) is 17.5. The van der Waals surface area contributed by atoms with Gasteiger partial charge in [-0.3, -0.25) is 0 Å². The van der Waals surface area contributed by atoms with E-state index in [0.717, 1.165) is 55.2 Å². The fourth-order valence-electron chi connectivity index (χ4n) is 4.18. The van der Waals surface area contributed by atoms with Gasteiger partial charge in [0.1, 0.15) is 5.75 Å². The molecule has 4 rings (SSSR count). The number of benzene rings is 2. The highest BCUT2D eigenvalue weighted by Gasteiger charge is 2.25. The minimum absolute atomic E-state index is 0.310. The summed E-state index contributed by atoms with van der Waals surface area (Å²) in [7, 11) is 1.72. The van der Waals surface area contributed by atoms with Crippen LogP contribution in [-0.4, -0.2) is 39.9 Å². The number of aromatic nitrogens is 4. The maximum Gasteiger partial charge on any atom is 0.156 e. The molecule has 1 fully saturated rings. The van der Waals surface area contributed by atoms with E-state index in [0.29, 0.717) is 12.1 Å². The molecule has 2 heterocycles. The van der Waals surface area contributed by atoms with E-state index in [1.165, 1.54) is 12.0 Å². The molecule has 7 nitrogen and oxygen atoms in total. The molecule has 0 saturated carbocycles. The summed E-state index contributed by atoms with van der Waals surface area (Å²) in [5.74, 6) is 1.75. The topological polar surface area (TPSA) is 76.9 Å². The van der Waals surface area contributed by atoms with Crippen LogP contribution in [0.3, 0.4) is 0 Å². The Hall–Kier alpha value is -2.77. The van der Waals surface area contributed by atoms with Crippen LogP contribution >= 0.6 is 0 Å². The fraction of sp³-hybridized carbons (Fsp3) is 0.435. The molecule has 0 radical (unpaired) electrons. The highest BCUT2D eigenvalue weighted by molar-refractivity contribution is 5.44. The van der Waals surface area contributed by atoms with E-state index in [-0.39, 0.29) is 0 Å². The van der Waals surface area contributed by atoms with Gasteiger partial charge in [-0.1, -0.05) is 37.3 Å². The predicted molar refractivity (Wildman–Crippen MR) is 117 cm³/mol. The first kappa shape index (κ1) is 20.5. The molecule has 2 N–H and O–H groups in total. The molecule has 158 valence electrons. The van der Waals surface area contributed by atoms with E-state index in [4.69, 9.17) is 4.74 Å². The summed E-state index contributed by atoms with van der Waals surface area (Å²) in [6.07, 6.45) is 4.16. The minimum atomic E-state index is 0.310. The number of aryl methyl sites for hydroxylation is 1. The smallest absolute Gasteiger partial charge is 0.156 e. The predicted octanol–water partition coefficient (Wildman–Crippen LogP) is 3.21. The number of methoxy groups -OCH3 is 1. The van der Waals surface area contributed by atoms with Crippen molar-refractivity contribution in [3.63, 3.8) is 0 Å². The van der Waals surface area contributed by atoms with Gasteiger partial charge in [0.05, 0.1) is 12.8 Å². The Balaban J connectivity index is 1.54. The van der Waals surface area contributed by atoms with Crippen LogP contribution in [0.25, 0.3) is 5.69 Å². The summed E-state index contributed by atoms with van der Waals surface area (Å²) in [6.45, 7) is 3.90. The Bertz CT molecular complexity index is 942. The van der Waals surface area contributed by atoms with E-state index >= 15 is 0 Å². The molecule has 0 aliphatic carbocycles. The molecule has 1 aliphatic rings. The van der Waals surface area contributed by atoms with Crippen molar-refractivity contribution in [1.82, 2.24) is 30.8 Å². The van der Waals surface area contributed by atoms with Gasteiger partial charge in [-0.25, -0.2) is 0 Å². The lowest BCUT2D eigenvalue weighted by molar-refractivity contribution is 0.303. The molecule has 1 saturated heterocycles. The monoisotopic (exact) mass is 406 g/mol. The molecule has 2 aromatic carbocycles. The lowest BCUT2D eigenvalue weighted by atomic mass is 9.92. The molecule has 0 amide bonds. The van der Waals surface area contributed by atoms with Gasteiger partial charge in [-0.2, -0.15) is 4.68 Å². The zero-order valence-corrected chi connectivity index (χ0v) is 17.7. The number of hydrogen-bond donors (Lipinski definition) is 2. The SMILES string of the molecule is CCCc1nnnn1-c1ccc(OC)c(CN[C@H]2CCCN[C@H]2c2ccccc2)c1. The van der Waals surface area contributed by atoms with E-state index in [1.54, 1.807) is 7.11 Å². The third kappa shape index (κ3) is 4.52. The highest BCUT2D eigenvalue weighted by atomic mass is 16.5. The highest BCUT2D eigenvalue weighted by Crippen LogP contribution is 2.26. The zero-order valence-electron chi connectivity index (χ0n) is 17.7. The van der Waals surface area contributed by atoms with E-state index < -0.39 is 0 Å². The largest absolute Gasteiger partial charge is 0.496 e. The summed E-state index contributed by atoms with van der Waals surface area (Å²) in [5, 5.41) is 19.7. The number of piperidine rings is 1.